The van der Waals surface area contributed by atoms with Crippen LogP contribution < -0.4 is 0 Å². The minimum Gasteiger partial charge on any atom is -0.343 e. The molecule has 0 aliphatic carbocycles. The Balaban J connectivity index is 2.21. The molecule has 1 atom stereocenters. The van der Waals surface area contributed by atoms with Crippen LogP contribution in [-0.4, -0.2) is 25.1 Å². The van der Waals surface area contributed by atoms with Crippen molar-refractivity contribution in [3.05, 3.63) is 24.1 Å². The quantitative estimate of drug-likeness (QED) is 0.712. The summed E-state index contributed by atoms with van der Waals surface area (Å²) in [6.07, 6.45) is 2.90. The van der Waals surface area contributed by atoms with Crippen LogP contribution in [-0.2, 0) is 6.54 Å². The van der Waals surface area contributed by atoms with E-state index >= 15 is 0 Å². The molecule has 0 aliphatic rings. The Morgan fingerprint density at radius 1 is 1.64 bits per heavy atom. The molecule has 0 saturated carbocycles. The minimum absolute atomic E-state index is 0.142. The first-order chi connectivity index (χ1) is 6.77. The van der Waals surface area contributed by atoms with E-state index in [1.165, 1.54) is 6.39 Å². The molecule has 0 spiro atoms. The Kier molecular flexibility index (Phi) is 2.45. The van der Waals surface area contributed by atoms with Crippen molar-refractivity contribution >= 4 is 11.6 Å². The van der Waals surface area contributed by atoms with Crippen molar-refractivity contribution in [3.63, 3.8) is 0 Å². The topological polar surface area (TPSA) is 69.6 Å². The highest BCUT2D eigenvalue weighted by molar-refractivity contribution is 6.20. The number of rotatable bonds is 3. The molecule has 0 bridgehead atoms. The Labute approximate surface area is 84.9 Å². The largest absolute Gasteiger partial charge is 0.343 e. The summed E-state index contributed by atoms with van der Waals surface area (Å²) in [5.41, 5.74) is 0.830. The predicted octanol–water partition coefficient (Wildman–Crippen LogP) is 1.01. The molecule has 0 fully saturated rings. The molecule has 2 rings (SSSR count). The van der Waals surface area contributed by atoms with Gasteiger partial charge in [-0.25, -0.2) is 4.68 Å². The molecule has 0 aliphatic heterocycles. The van der Waals surface area contributed by atoms with Gasteiger partial charge in [-0.05, 0) is 6.92 Å². The molecule has 0 aromatic carbocycles. The second-order valence-electron chi connectivity index (χ2n) is 2.78. The van der Waals surface area contributed by atoms with Gasteiger partial charge in [-0.15, -0.1) is 16.7 Å². The van der Waals surface area contributed by atoms with Gasteiger partial charge in [0.2, 0.25) is 6.39 Å². The van der Waals surface area contributed by atoms with Gasteiger partial charge >= 0.3 is 0 Å². The fraction of sp³-hybridized carbons (Fsp3) is 0.429. The van der Waals surface area contributed by atoms with Crippen molar-refractivity contribution in [1.82, 2.24) is 25.1 Å². The molecule has 14 heavy (non-hydrogen) atoms. The third kappa shape index (κ3) is 1.74. The lowest BCUT2D eigenvalue weighted by Crippen LogP contribution is -2.08. The van der Waals surface area contributed by atoms with Gasteiger partial charge in [0.15, 0.2) is 5.82 Å². The lowest BCUT2D eigenvalue weighted by molar-refractivity contribution is 0.405. The van der Waals surface area contributed by atoms with Crippen molar-refractivity contribution in [1.29, 1.82) is 0 Å². The van der Waals surface area contributed by atoms with E-state index in [-0.39, 0.29) is 5.38 Å². The Morgan fingerprint density at radius 2 is 2.50 bits per heavy atom. The molecule has 2 aromatic heterocycles. The number of nitrogens with zero attached hydrogens (tertiary/aromatic N) is 5. The van der Waals surface area contributed by atoms with Gasteiger partial charge in [0, 0.05) is 0 Å². The van der Waals surface area contributed by atoms with Crippen molar-refractivity contribution in [2.45, 2.75) is 18.8 Å². The number of halogens is 1. The van der Waals surface area contributed by atoms with E-state index in [4.69, 9.17) is 11.6 Å². The maximum atomic E-state index is 5.92. The van der Waals surface area contributed by atoms with E-state index in [0.717, 1.165) is 5.69 Å². The molecule has 2 aromatic rings. The summed E-state index contributed by atoms with van der Waals surface area (Å²) in [4.78, 5) is 3.88. The van der Waals surface area contributed by atoms with E-state index < -0.39 is 0 Å². The minimum atomic E-state index is -0.142. The highest BCUT2D eigenvalue weighted by Crippen LogP contribution is 2.17. The zero-order valence-electron chi connectivity index (χ0n) is 7.46. The van der Waals surface area contributed by atoms with Crippen LogP contribution in [0.15, 0.2) is 17.1 Å². The zero-order valence-corrected chi connectivity index (χ0v) is 8.22. The highest BCUT2D eigenvalue weighted by Gasteiger charge is 2.11. The van der Waals surface area contributed by atoms with Crippen molar-refractivity contribution in [2.75, 3.05) is 0 Å². The second-order valence-corrected chi connectivity index (χ2v) is 3.43. The molecule has 0 amide bonds. The van der Waals surface area contributed by atoms with Gasteiger partial charge < -0.3 is 4.52 Å². The average molecular weight is 214 g/mol. The average Bonchev–Trinajstić information content (AvgIpc) is 2.75. The van der Waals surface area contributed by atoms with Gasteiger partial charge in [0.1, 0.15) is 6.54 Å². The third-order valence-corrected chi connectivity index (χ3v) is 1.98. The van der Waals surface area contributed by atoms with Crippen LogP contribution in [0.1, 0.15) is 23.8 Å². The maximum Gasteiger partial charge on any atom is 0.213 e. The number of hydrogen-bond acceptors (Lipinski definition) is 5. The normalized spacial score (nSPS) is 13.0. The van der Waals surface area contributed by atoms with Gasteiger partial charge in [-0.3, -0.25) is 0 Å². The van der Waals surface area contributed by atoms with Crippen molar-refractivity contribution in [3.8, 4) is 0 Å². The fourth-order valence-corrected chi connectivity index (χ4v) is 1.26. The smallest absolute Gasteiger partial charge is 0.213 e. The third-order valence-electron chi connectivity index (χ3n) is 1.75. The first-order valence-corrected chi connectivity index (χ1v) is 4.48. The Hall–Kier alpha value is -1.43. The van der Waals surface area contributed by atoms with E-state index in [9.17, 15) is 0 Å². The van der Waals surface area contributed by atoms with Crippen LogP contribution >= 0.6 is 11.6 Å². The van der Waals surface area contributed by atoms with Gasteiger partial charge in [0.05, 0.1) is 17.3 Å². The summed E-state index contributed by atoms with van der Waals surface area (Å²) in [6, 6.07) is 0. The van der Waals surface area contributed by atoms with Crippen LogP contribution in [0.2, 0.25) is 0 Å². The van der Waals surface area contributed by atoms with Crippen molar-refractivity contribution < 1.29 is 4.52 Å². The van der Waals surface area contributed by atoms with E-state index in [1.54, 1.807) is 10.9 Å². The van der Waals surface area contributed by atoms with Gasteiger partial charge in [0.25, 0.3) is 0 Å². The van der Waals surface area contributed by atoms with E-state index in [0.29, 0.717) is 12.4 Å². The van der Waals surface area contributed by atoms with Gasteiger partial charge in [-0.2, -0.15) is 4.98 Å². The molecule has 0 saturated heterocycles. The molecular weight excluding hydrogens is 206 g/mol. The monoisotopic (exact) mass is 213 g/mol. The second kappa shape index (κ2) is 3.75. The lowest BCUT2D eigenvalue weighted by atomic mass is 10.3. The summed E-state index contributed by atoms with van der Waals surface area (Å²) in [5.74, 6) is 0.550. The first kappa shape index (κ1) is 9.14. The number of alkyl halides is 1. The summed E-state index contributed by atoms with van der Waals surface area (Å²) in [5, 5.41) is 11.2. The predicted molar refractivity (Wildman–Crippen MR) is 47.7 cm³/mol. The maximum absolute atomic E-state index is 5.92. The number of hydrogen-bond donors (Lipinski definition) is 0. The fourth-order valence-electron chi connectivity index (χ4n) is 1.09. The summed E-state index contributed by atoms with van der Waals surface area (Å²) in [7, 11) is 0. The number of aromatic nitrogens is 5. The standard InChI is InChI=1S/C7H8ClN5O/c1-5(8)6-2-10-12-13(6)3-7-9-4-14-11-7/h2,4-5H,3H2,1H3. The van der Waals surface area contributed by atoms with Crippen LogP contribution in [0.25, 0.3) is 0 Å². The van der Waals surface area contributed by atoms with Crippen LogP contribution in [0, 0.1) is 0 Å². The summed E-state index contributed by atoms with van der Waals surface area (Å²) >= 11 is 5.92. The SMILES string of the molecule is CC(Cl)c1cnnn1Cc1ncon1. The molecule has 0 N–H and O–H groups in total. The molecule has 6 nitrogen and oxygen atoms in total. The molecule has 2 heterocycles. The van der Waals surface area contributed by atoms with E-state index in [2.05, 4.69) is 25.0 Å². The zero-order chi connectivity index (χ0) is 9.97. The lowest BCUT2D eigenvalue weighted by Gasteiger charge is -2.03. The molecule has 7 heteroatoms. The van der Waals surface area contributed by atoms with Gasteiger partial charge in [-0.1, -0.05) is 10.4 Å². The van der Waals surface area contributed by atoms with Crippen LogP contribution in [0.4, 0.5) is 0 Å². The molecule has 74 valence electrons. The van der Waals surface area contributed by atoms with Crippen LogP contribution in [0.5, 0.6) is 0 Å². The Morgan fingerprint density at radius 3 is 3.14 bits per heavy atom. The van der Waals surface area contributed by atoms with Crippen molar-refractivity contribution in [2.24, 2.45) is 0 Å². The molecule has 0 radical (unpaired) electrons. The Bertz CT molecular complexity index is 396. The van der Waals surface area contributed by atoms with Crippen LogP contribution in [0.3, 0.4) is 0 Å². The van der Waals surface area contributed by atoms with E-state index in [1.807, 2.05) is 6.92 Å². The molecular formula is C7H8ClN5O. The first-order valence-electron chi connectivity index (χ1n) is 4.05. The molecule has 1 unspecified atom stereocenters. The summed E-state index contributed by atoms with van der Waals surface area (Å²) < 4.78 is 6.25. The summed E-state index contributed by atoms with van der Waals surface area (Å²) in [6.45, 7) is 2.27. The highest BCUT2D eigenvalue weighted by atomic mass is 35.5.